The van der Waals surface area contributed by atoms with E-state index in [1.54, 1.807) is 0 Å². The van der Waals surface area contributed by atoms with E-state index in [4.69, 9.17) is 0 Å². The summed E-state index contributed by atoms with van der Waals surface area (Å²) in [5.41, 5.74) is 0.891. The van der Waals surface area contributed by atoms with Gasteiger partial charge in [0.05, 0.1) is 0 Å². The van der Waals surface area contributed by atoms with Crippen LogP contribution in [-0.4, -0.2) is 40.2 Å². The number of halogens is 1. The maximum atomic E-state index is 4.35. The van der Waals surface area contributed by atoms with Gasteiger partial charge in [-0.3, -0.25) is 9.39 Å². The van der Waals surface area contributed by atoms with Crippen molar-refractivity contribution in [1.82, 2.24) is 25.2 Å². The van der Waals surface area contributed by atoms with E-state index in [9.17, 15) is 0 Å². The van der Waals surface area contributed by atoms with Gasteiger partial charge in [0.1, 0.15) is 5.82 Å². The summed E-state index contributed by atoms with van der Waals surface area (Å²) in [5.74, 6) is 2.78. The van der Waals surface area contributed by atoms with Crippen molar-refractivity contribution in [3.05, 3.63) is 30.2 Å². The largest absolute Gasteiger partial charge is 0.356 e. The molecule has 6 nitrogen and oxygen atoms in total. The van der Waals surface area contributed by atoms with Crippen LogP contribution in [0.2, 0.25) is 0 Å². The van der Waals surface area contributed by atoms with Gasteiger partial charge >= 0.3 is 0 Å². The molecule has 7 heteroatoms. The summed E-state index contributed by atoms with van der Waals surface area (Å²) in [5, 5.41) is 15.4. The number of pyridine rings is 1. The number of nitrogens with zero attached hydrogens (tertiary/aromatic N) is 4. The van der Waals surface area contributed by atoms with E-state index in [-0.39, 0.29) is 24.0 Å². The van der Waals surface area contributed by atoms with Crippen LogP contribution in [0.5, 0.6) is 0 Å². The van der Waals surface area contributed by atoms with E-state index in [1.165, 1.54) is 32.1 Å². The Kier molecular flexibility index (Phi) is 7.92. The highest BCUT2D eigenvalue weighted by molar-refractivity contribution is 14.0. The van der Waals surface area contributed by atoms with Crippen molar-refractivity contribution in [1.29, 1.82) is 0 Å². The van der Waals surface area contributed by atoms with Crippen LogP contribution in [0.1, 0.15) is 44.9 Å². The van der Waals surface area contributed by atoms with Gasteiger partial charge in [0, 0.05) is 32.3 Å². The second-order valence-electron chi connectivity index (χ2n) is 6.56. The molecule has 0 saturated heterocycles. The number of hydrogen-bond acceptors (Lipinski definition) is 3. The molecule has 0 unspecified atom stereocenters. The third kappa shape index (κ3) is 5.29. The highest BCUT2D eigenvalue weighted by Gasteiger charge is 2.20. The molecule has 0 bridgehead atoms. The van der Waals surface area contributed by atoms with E-state index < -0.39 is 0 Å². The first-order valence-electron chi connectivity index (χ1n) is 9.06. The Morgan fingerprint density at radius 3 is 2.76 bits per heavy atom. The van der Waals surface area contributed by atoms with E-state index in [1.807, 2.05) is 35.8 Å². The summed E-state index contributed by atoms with van der Waals surface area (Å²) in [6.45, 7) is 3.09. The predicted molar refractivity (Wildman–Crippen MR) is 113 cm³/mol. The Labute approximate surface area is 166 Å². The van der Waals surface area contributed by atoms with E-state index in [0.717, 1.165) is 36.3 Å². The minimum atomic E-state index is 0. The molecule has 0 amide bonds. The van der Waals surface area contributed by atoms with Crippen LogP contribution < -0.4 is 10.6 Å². The van der Waals surface area contributed by atoms with Crippen LogP contribution >= 0.6 is 24.0 Å². The first kappa shape index (κ1) is 19.9. The lowest BCUT2D eigenvalue weighted by Gasteiger charge is -2.29. The lowest BCUT2D eigenvalue weighted by atomic mass is 9.84. The van der Waals surface area contributed by atoms with Gasteiger partial charge in [0.25, 0.3) is 0 Å². The molecular formula is C18H29IN6. The van der Waals surface area contributed by atoms with Gasteiger partial charge in [-0.25, -0.2) is 0 Å². The van der Waals surface area contributed by atoms with Gasteiger partial charge in [-0.2, -0.15) is 0 Å². The zero-order chi connectivity index (χ0) is 16.8. The van der Waals surface area contributed by atoms with E-state index in [2.05, 4.69) is 32.7 Å². The molecule has 1 aliphatic rings. The fourth-order valence-corrected chi connectivity index (χ4v) is 3.46. The van der Waals surface area contributed by atoms with Gasteiger partial charge in [0.2, 0.25) is 0 Å². The number of aromatic nitrogens is 3. The molecule has 3 rings (SSSR count). The number of guanidine groups is 1. The fourth-order valence-electron chi connectivity index (χ4n) is 3.46. The van der Waals surface area contributed by atoms with Gasteiger partial charge in [-0.05, 0) is 43.7 Å². The van der Waals surface area contributed by atoms with Crippen molar-refractivity contribution in [2.45, 2.75) is 51.5 Å². The van der Waals surface area contributed by atoms with Crippen molar-refractivity contribution in [2.24, 2.45) is 10.9 Å². The summed E-state index contributed by atoms with van der Waals surface area (Å²) in [4.78, 5) is 4.35. The average Bonchev–Trinajstić information content (AvgIpc) is 3.05. The Balaban J connectivity index is 0.00000225. The summed E-state index contributed by atoms with van der Waals surface area (Å²) >= 11 is 0. The van der Waals surface area contributed by atoms with Gasteiger partial charge in [0.15, 0.2) is 11.6 Å². The van der Waals surface area contributed by atoms with Crippen LogP contribution in [-0.2, 0) is 6.42 Å². The molecule has 138 valence electrons. The second kappa shape index (κ2) is 9.94. The molecule has 2 heterocycles. The molecular weight excluding hydrogens is 427 g/mol. The summed E-state index contributed by atoms with van der Waals surface area (Å²) < 4.78 is 2.03. The van der Waals surface area contributed by atoms with E-state index in [0.29, 0.717) is 6.04 Å². The third-order valence-corrected chi connectivity index (χ3v) is 5.01. The Morgan fingerprint density at radius 2 is 2.04 bits per heavy atom. The third-order valence-electron chi connectivity index (χ3n) is 5.01. The zero-order valence-electron chi connectivity index (χ0n) is 15.1. The molecule has 2 aromatic rings. The van der Waals surface area contributed by atoms with Crippen molar-refractivity contribution in [3.8, 4) is 0 Å². The summed E-state index contributed by atoms with van der Waals surface area (Å²) in [6, 6.07) is 6.50. The van der Waals surface area contributed by atoms with Crippen molar-refractivity contribution in [2.75, 3.05) is 13.6 Å². The maximum Gasteiger partial charge on any atom is 0.191 e. The molecule has 2 aromatic heterocycles. The minimum Gasteiger partial charge on any atom is -0.356 e. The minimum absolute atomic E-state index is 0. The normalized spacial score (nSPS) is 21.0. The number of nitrogens with one attached hydrogen (secondary N) is 2. The number of rotatable bonds is 5. The average molecular weight is 456 g/mol. The Hall–Kier alpha value is -1.38. The van der Waals surface area contributed by atoms with Gasteiger partial charge in [-0.15, -0.1) is 34.2 Å². The van der Waals surface area contributed by atoms with Gasteiger partial charge in [-0.1, -0.05) is 19.4 Å². The van der Waals surface area contributed by atoms with Crippen molar-refractivity contribution in [3.63, 3.8) is 0 Å². The van der Waals surface area contributed by atoms with Crippen molar-refractivity contribution >= 4 is 35.6 Å². The molecule has 0 radical (unpaired) electrons. The molecule has 0 atom stereocenters. The molecule has 1 fully saturated rings. The molecule has 25 heavy (non-hydrogen) atoms. The van der Waals surface area contributed by atoms with Crippen LogP contribution in [0.15, 0.2) is 29.4 Å². The monoisotopic (exact) mass is 456 g/mol. The summed E-state index contributed by atoms with van der Waals surface area (Å²) in [6.07, 6.45) is 9.28. The van der Waals surface area contributed by atoms with Crippen LogP contribution in [0.4, 0.5) is 0 Å². The van der Waals surface area contributed by atoms with Crippen LogP contribution in [0.3, 0.4) is 0 Å². The lowest BCUT2D eigenvalue weighted by molar-refractivity contribution is 0.304. The first-order valence-corrected chi connectivity index (χ1v) is 9.06. The molecule has 0 spiro atoms. The zero-order valence-corrected chi connectivity index (χ0v) is 17.4. The highest BCUT2D eigenvalue weighted by atomic mass is 127. The number of aliphatic imine (C=N–C) groups is 1. The van der Waals surface area contributed by atoms with Crippen molar-refractivity contribution < 1.29 is 0 Å². The maximum absolute atomic E-state index is 4.35. The van der Waals surface area contributed by atoms with Crippen LogP contribution in [0.25, 0.3) is 5.65 Å². The number of fused-ring (bicyclic) bond motifs is 1. The Morgan fingerprint density at radius 1 is 1.24 bits per heavy atom. The predicted octanol–water partition coefficient (Wildman–Crippen LogP) is 3.02. The SMILES string of the molecule is CCC1CCC(NC(=NC)NCCc2nnc3ccccn23)CC1.I. The fraction of sp³-hybridized carbons (Fsp3) is 0.611. The molecule has 0 aromatic carbocycles. The highest BCUT2D eigenvalue weighted by Crippen LogP contribution is 2.26. The van der Waals surface area contributed by atoms with E-state index >= 15 is 0 Å². The number of hydrogen-bond donors (Lipinski definition) is 2. The van der Waals surface area contributed by atoms with Gasteiger partial charge < -0.3 is 10.6 Å². The Bertz CT molecular complexity index is 675. The van der Waals surface area contributed by atoms with Crippen LogP contribution in [0, 0.1) is 5.92 Å². The standard InChI is InChI=1S/C18H28N6.HI/c1-3-14-7-9-15(10-8-14)21-18(19-2)20-12-11-17-23-22-16-6-4-5-13-24(16)17;/h4-6,13-15H,3,7-12H2,1-2H3,(H2,19,20,21);1H. The quantitative estimate of drug-likeness (QED) is 0.413. The molecule has 1 saturated carbocycles. The molecule has 2 N–H and O–H groups in total. The smallest absolute Gasteiger partial charge is 0.191 e. The topological polar surface area (TPSA) is 66.6 Å². The summed E-state index contributed by atoms with van der Waals surface area (Å²) in [7, 11) is 1.83. The molecule has 0 aliphatic heterocycles. The first-order chi connectivity index (χ1) is 11.8. The lowest BCUT2D eigenvalue weighted by Crippen LogP contribution is -2.45. The second-order valence-corrected chi connectivity index (χ2v) is 6.56. The molecule has 1 aliphatic carbocycles.